The number of nitrogens with zero attached hydrogens (tertiary/aromatic N) is 1. The molecule has 0 aliphatic carbocycles. The lowest BCUT2D eigenvalue weighted by molar-refractivity contribution is -0.148. The highest BCUT2D eigenvalue weighted by molar-refractivity contribution is 8.13. The number of rotatable bonds is 3. The number of hydrogen-bond donors (Lipinski definition) is 1. The van der Waals surface area contributed by atoms with Gasteiger partial charge in [0.15, 0.2) is 0 Å². The third-order valence-corrected chi connectivity index (χ3v) is 2.33. The first kappa shape index (κ1) is 9.34. The molecule has 12 heavy (non-hydrogen) atoms. The summed E-state index contributed by atoms with van der Waals surface area (Å²) >= 11 is 1.04. The highest BCUT2D eigenvalue weighted by Crippen LogP contribution is 2.23. The molecule has 1 saturated heterocycles. The van der Waals surface area contributed by atoms with Crippen LogP contribution in [-0.2, 0) is 9.63 Å². The average Bonchev–Trinajstić information content (AvgIpc) is 2.34. The van der Waals surface area contributed by atoms with Crippen LogP contribution in [0.3, 0.4) is 0 Å². The molecular formula is C6H10N2O3S. The van der Waals surface area contributed by atoms with Crippen molar-refractivity contribution in [2.45, 2.75) is 13.0 Å². The van der Waals surface area contributed by atoms with Gasteiger partial charge in [0.1, 0.15) is 6.04 Å². The van der Waals surface area contributed by atoms with E-state index in [4.69, 9.17) is 10.6 Å². The van der Waals surface area contributed by atoms with Crippen molar-refractivity contribution >= 4 is 22.9 Å². The van der Waals surface area contributed by atoms with Crippen LogP contribution in [0.4, 0.5) is 4.79 Å². The molecule has 5 nitrogen and oxygen atoms in total. The van der Waals surface area contributed by atoms with Gasteiger partial charge in [0.05, 0.1) is 6.61 Å². The highest BCUT2D eigenvalue weighted by atomic mass is 32.2. The molecule has 1 aliphatic rings. The van der Waals surface area contributed by atoms with Gasteiger partial charge in [-0.2, -0.15) is 5.06 Å². The van der Waals surface area contributed by atoms with Crippen molar-refractivity contribution in [3.63, 3.8) is 0 Å². The lowest BCUT2D eigenvalue weighted by Crippen LogP contribution is -2.43. The van der Waals surface area contributed by atoms with E-state index in [0.717, 1.165) is 16.8 Å². The van der Waals surface area contributed by atoms with Gasteiger partial charge in [-0.15, -0.1) is 0 Å². The Morgan fingerprint density at radius 3 is 3.08 bits per heavy atom. The second-order valence-electron chi connectivity index (χ2n) is 2.24. The molecule has 1 atom stereocenters. The summed E-state index contributed by atoms with van der Waals surface area (Å²) in [6, 6.07) is -0.609. The SMILES string of the molecule is CCON1C(=O)SCC1C(N)=O. The quantitative estimate of drug-likeness (QED) is 0.677. The Morgan fingerprint density at radius 1 is 1.92 bits per heavy atom. The molecule has 68 valence electrons. The fourth-order valence-corrected chi connectivity index (χ4v) is 1.80. The number of carbonyl (C=O) groups is 2. The molecule has 2 amide bonds. The minimum atomic E-state index is -0.609. The summed E-state index contributed by atoms with van der Waals surface area (Å²) in [4.78, 5) is 26.8. The Labute approximate surface area is 74.2 Å². The lowest BCUT2D eigenvalue weighted by Gasteiger charge is -2.18. The molecule has 1 aliphatic heterocycles. The Morgan fingerprint density at radius 2 is 2.58 bits per heavy atom. The molecule has 1 rings (SSSR count). The Kier molecular flexibility index (Phi) is 2.93. The summed E-state index contributed by atoms with van der Waals surface area (Å²) in [6.07, 6.45) is 0. The molecule has 2 N–H and O–H groups in total. The zero-order chi connectivity index (χ0) is 9.14. The van der Waals surface area contributed by atoms with Gasteiger partial charge in [0, 0.05) is 5.75 Å². The van der Waals surface area contributed by atoms with E-state index in [1.807, 2.05) is 0 Å². The van der Waals surface area contributed by atoms with Gasteiger partial charge in [-0.25, -0.2) is 0 Å². The summed E-state index contributed by atoms with van der Waals surface area (Å²) in [5, 5.41) is 0.799. The van der Waals surface area contributed by atoms with Crippen molar-refractivity contribution < 1.29 is 14.4 Å². The summed E-state index contributed by atoms with van der Waals surface area (Å²) in [6.45, 7) is 2.10. The Bertz CT molecular complexity index is 209. The van der Waals surface area contributed by atoms with E-state index in [0.29, 0.717) is 12.4 Å². The predicted molar refractivity (Wildman–Crippen MR) is 44.3 cm³/mol. The molecule has 0 bridgehead atoms. The Hall–Kier alpha value is -0.750. The van der Waals surface area contributed by atoms with E-state index >= 15 is 0 Å². The van der Waals surface area contributed by atoms with Crippen molar-refractivity contribution in [2.24, 2.45) is 5.73 Å². The standard InChI is InChI=1S/C6H10N2O3S/c1-2-11-8-4(5(7)9)3-12-6(8)10/h4H,2-3H2,1H3,(H2,7,9). The minimum absolute atomic E-state index is 0.249. The van der Waals surface area contributed by atoms with E-state index < -0.39 is 11.9 Å². The van der Waals surface area contributed by atoms with Crippen molar-refractivity contribution in [3.8, 4) is 0 Å². The number of hydroxylamine groups is 2. The van der Waals surface area contributed by atoms with E-state index in [-0.39, 0.29) is 5.24 Å². The molecule has 0 spiro atoms. The van der Waals surface area contributed by atoms with Gasteiger partial charge in [-0.3, -0.25) is 14.4 Å². The van der Waals surface area contributed by atoms with Gasteiger partial charge in [0.2, 0.25) is 5.91 Å². The topological polar surface area (TPSA) is 72.6 Å². The number of primary amides is 1. The van der Waals surface area contributed by atoms with Crippen molar-refractivity contribution in [2.75, 3.05) is 12.4 Å². The number of carbonyl (C=O) groups excluding carboxylic acids is 2. The van der Waals surface area contributed by atoms with Crippen LogP contribution in [0.1, 0.15) is 6.92 Å². The minimum Gasteiger partial charge on any atom is -0.368 e. The van der Waals surface area contributed by atoms with Crippen LogP contribution in [0.25, 0.3) is 0 Å². The molecule has 1 unspecified atom stereocenters. The maximum atomic E-state index is 11.0. The fraction of sp³-hybridized carbons (Fsp3) is 0.667. The first-order valence-electron chi connectivity index (χ1n) is 3.55. The molecule has 0 saturated carbocycles. The van der Waals surface area contributed by atoms with Crippen molar-refractivity contribution in [1.82, 2.24) is 5.06 Å². The first-order chi connectivity index (χ1) is 5.66. The van der Waals surface area contributed by atoms with Gasteiger partial charge >= 0.3 is 5.24 Å². The molecule has 6 heteroatoms. The van der Waals surface area contributed by atoms with Crippen molar-refractivity contribution in [1.29, 1.82) is 0 Å². The zero-order valence-corrected chi connectivity index (χ0v) is 7.47. The third kappa shape index (κ3) is 1.70. The summed E-state index contributed by atoms with van der Waals surface area (Å²) < 4.78 is 0. The third-order valence-electron chi connectivity index (χ3n) is 1.42. The monoisotopic (exact) mass is 190 g/mol. The largest absolute Gasteiger partial charge is 0.368 e. The predicted octanol–water partition coefficient (Wildman–Crippen LogP) is -0.0394. The van der Waals surface area contributed by atoms with Crippen LogP contribution in [0.2, 0.25) is 0 Å². The van der Waals surface area contributed by atoms with Crippen LogP contribution in [0.5, 0.6) is 0 Å². The number of nitrogens with two attached hydrogens (primary N) is 1. The van der Waals surface area contributed by atoms with Crippen molar-refractivity contribution in [3.05, 3.63) is 0 Å². The smallest absolute Gasteiger partial charge is 0.306 e. The van der Waals surface area contributed by atoms with E-state index in [1.165, 1.54) is 0 Å². The lowest BCUT2D eigenvalue weighted by atomic mass is 10.3. The summed E-state index contributed by atoms with van der Waals surface area (Å²) in [5.41, 5.74) is 5.05. The van der Waals surface area contributed by atoms with Crippen LogP contribution < -0.4 is 5.73 Å². The van der Waals surface area contributed by atoms with Gasteiger partial charge in [0.25, 0.3) is 0 Å². The maximum absolute atomic E-state index is 11.0. The molecule has 0 aromatic carbocycles. The molecule has 0 aromatic heterocycles. The maximum Gasteiger partial charge on any atom is 0.306 e. The molecule has 0 radical (unpaired) electrons. The van der Waals surface area contributed by atoms with Gasteiger partial charge in [-0.05, 0) is 6.92 Å². The number of hydrogen-bond acceptors (Lipinski definition) is 4. The van der Waals surface area contributed by atoms with Crippen LogP contribution >= 0.6 is 11.8 Å². The van der Waals surface area contributed by atoms with Gasteiger partial charge in [-0.1, -0.05) is 11.8 Å². The number of amides is 2. The normalized spacial score (nSPS) is 23.2. The van der Waals surface area contributed by atoms with E-state index in [9.17, 15) is 9.59 Å². The second-order valence-corrected chi connectivity index (χ2v) is 3.21. The van der Waals surface area contributed by atoms with Gasteiger partial charge < -0.3 is 5.73 Å². The molecule has 1 heterocycles. The summed E-state index contributed by atoms with van der Waals surface area (Å²) in [5.74, 6) is -0.143. The molecule has 1 fully saturated rings. The molecule has 0 aromatic rings. The van der Waals surface area contributed by atoms with E-state index in [2.05, 4.69) is 0 Å². The highest BCUT2D eigenvalue weighted by Gasteiger charge is 2.36. The van der Waals surface area contributed by atoms with Crippen LogP contribution in [0.15, 0.2) is 0 Å². The summed E-state index contributed by atoms with van der Waals surface area (Å²) in [7, 11) is 0. The second kappa shape index (κ2) is 3.77. The van der Waals surface area contributed by atoms with Crippen LogP contribution in [-0.4, -0.2) is 34.6 Å². The average molecular weight is 190 g/mol. The first-order valence-corrected chi connectivity index (χ1v) is 4.53. The molecular weight excluding hydrogens is 180 g/mol. The number of thioether (sulfide) groups is 1. The Balaban J connectivity index is 2.63. The zero-order valence-electron chi connectivity index (χ0n) is 6.65. The fourth-order valence-electron chi connectivity index (χ4n) is 0.888. The van der Waals surface area contributed by atoms with E-state index in [1.54, 1.807) is 6.92 Å². The van der Waals surface area contributed by atoms with Crippen LogP contribution in [0, 0.1) is 0 Å².